The van der Waals surface area contributed by atoms with Crippen LogP contribution in [0.25, 0.3) is 0 Å². The molecule has 0 aliphatic heterocycles. The molecule has 0 radical (unpaired) electrons. The molecule has 0 bridgehead atoms. The second-order valence-corrected chi connectivity index (χ2v) is 17.5. The highest BCUT2D eigenvalue weighted by molar-refractivity contribution is 6.80. The Balaban J connectivity index is 5.72. The number of nitrogens with one attached hydrogen (secondary N) is 3. The first-order valence-electron chi connectivity index (χ1n) is 12.8. The van der Waals surface area contributed by atoms with Crippen LogP contribution in [0.15, 0.2) is 0 Å². The Morgan fingerprint density at radius 3 is 0.972 bits per heavy atom. The average Bonchev–Trinajstić information content (AvgIpc) is 2.91. The molecular formula is C20H54N6O7Si3. The van der Waals surface area contributed by atoms with Crippen molar-refractivity contribution < 1.29 is 30.4 Å². The molecule has 0 saturated carbocycles. The normalized spacial score (nSPS) is 13.0. The van der Waals surface area contributed by atoms with Crippen molar-refractivity contribution in [2.45, 2.75) is 37.4 Å². The Labute approximate surface area is 221 Å². The third-order valence-electron chi connectivity index (χ3n) is 5.65. The van der Waals surface area contributed by atoms with Gasteiger partial charge in [-0.15, -0.1) is 0 Å². The number of nitrogens with two attached hydrogens (primary N) is 3. The maximum atomic E-state index is 6.72. The van der Waals surface area contributed by atoms with Crippen molar-refractivity contribution in [3.8, 4) is 0 Å². The van der Waals surface area contributed by atoms with Gasteiger partial charge in [-0.05, 0) is 38.9 Å². The van der Waals surface area contributed by atoms with E-state index in [1.165, 1.54) is 0 Å². The lowest BCUT2D eigenvalue weighted by Crippen LogP contribution is -2.63. The predicted octanol–water partition coefficient (Wildman–Crippen LogP) is -1.12. The summed E-state index contributed by atoms with van der Waals surface area (Å²) in [5.74, 6) is 0. The van der Waals surface area contributed by atoms with Gasteiger partial charge in [0.1, 0.15) is 0 Å². The molecule has 0 atom stereocenters. The van der Waals surface area contributed by atoms with Gasteiger partial charge in [-0.3, -0.25) is 0 Å². The molecule has 13 nitrogen and oxygen atoms in total. The summed E-state index contributed by atoms with van der Waals surface area (Å²) in [4.78, 5) is 0. The van der Waals surface area contributed by atoms with Gasteiger partial charge >= 0.3 is 26.4 Å². The minimum absolute atomic E-state index is 0.543. The highest BCUT2D eigenvalue weighted by atomic mass is 28.5. The molecular weight excluding hydrogens is 521 g/mol. The Hall–Kier alpha value is 0.131. The van der Waals surface area contributed by atoms with Crippen LogP contribution in [0.4, 0.5) is 0 Å². The highest BCUT2D eigenvalue weighted by Crippen LogP contribution is 2.31. The fourth-order valence-corrected chi connectivity index (χ4v) is 14.7. The van der Waals surface area contributed by atoms with Crippen LogP contribution >= 0.6 is 0 Å². The monoisotopic (exact) mass is 574 g/mol. The summed E-state index contributed by atoms with van der Waals surface area (Å²) in [6.07, 6.45) is 2.35. The van der Waals surface area contributed by atoms with Gasteiger partial charge in [-0.2, -0.15) is 0 Å². The lowest BCUT2D eigenvalue weighted by Gasteiger charge is -2.41. The molecule has 0 aliphatic carbocycles. The first-order valence-corrected chi connectivity index (χ1v) is 18.6. The smallest absolute Gasteiger partial charge is 0.378 e. The first-order chi connectivity index (χ1) is 17.4. The summed E-state index contributed by atoms with van der Waals surface area (Å²) in [5.41, 5.74) is 16.8. The second kappa shape index (κ2) is 22.0. The summed E-state index contributed by atoms with van der Waals surface area (Å²) < 4.78 is 43.1. The zero-order valence-corrected chi connectivity index (χ0v) is 26.2. The SMILES string of the molecule is CO[Si](CCCNCCN)(OC)O[Si](CCCNCCN)(OC)O[Si](CCCNCCN)(OC)OC. The number of hydrogen-bond donors (Lipinski definition) is 6. The number of hydrogen-bond acceptors (Lipinski definition) is 13. The molecule has 0 amide bonds. The third-order valence-corrected chi connectivity index (χ3v) is 16.6. The summed E-state index contributed by atoms with van der Waals surface area (Å²) in [7, 11) is -1.55. The largest absolute Gasteiger partial charge is 0.493 e. The van der Waals surface area contributed by atoms with Gasteiger partial charge in [0.2, 0.25) is 0 Å². The standard InChI is InChI=1S/C20H54N6O7Si3/c1-27-34(28-2,18-6-12-24-15-9-21)32-36(31-5,20-8-14-26-17-11-23)33-35(29-3,30-4)19-7-13-25-16-10-22/h24-26H,6-23H2,1-5H3. The average molecular weight is 575 g/mol. The van der Waals surface area contributed by atoms with E-state index in [1.807, 2.05) is 0 Å². The minimum Gasteiger partial charge on any atom is -0.378 e. The topological polar surface area (TPSA) is 179 Å². The summed E-state index contributed by atoms with van der Waals surface area (Å²) >= 11 is 0. The van der Waals surface area contributed by atoms with E-state index in [9.17, 15) is 0 Å². The highest BCUT2D eigenvalue weighted by Gasteiger charge is 2.57. The van der Waals surface area contributed by atoms with Gasteiger partial charge in [0.25, 0.3) is 0 Å². The van der Waals surface area contributed by atoms with Gasteiger partial charge < -0.3 is 63.5 Å². The molecule has 0 heterocycles. The summed E-state index contributed by atoms with van der Waals surface area (Å²) in [5, 5.41) is 9.90. The van der Waals surface area contributed by atoms with Gasteiger partial charge in [0.15, 0.2) is 0 Å². The molecule has 0 rings (SSSR count). The van der Waals surface area contributed by atoms with Crippen molar-refractivity contribution >= 4 is 26.4 Å². The molecule has 0 aromatic rings. The van der Waals surface area contributed by atoms with Gasteiger partial charge in [0.05, 0.1) is 0 Å². The maximum absolute atomic E-state index is 6.72. The molecule has 16 heteroatoms. The van der Waals surface area contributed by atoms with Crippen molar-refractivity contribution in [1.82, 2.24) is 16.0 Å². The van der Waals surface area contributed by atoms with Gasteiger partial charge in [-0.25, -0.2) is 0 Å². The van der Waals surface area contributed by atoms with Crippen LogP contribution in [0.2, 0.25) is 18.1 Å². The summed E-state index contributed by atoms with van der Waals surface area (Å²) in [6, 6.07) is 1.74. The Bertz CT molecular complexity index is 480. The molecule has 0 unspecified atom stereocenters. The lowest BCUT2D eigenvalue weighted by atomic mass is 10.5. The van der Waals surface area contributed by atoms with E-state index >= 15 is 0 Å². The zero-order chi connectivity index (χ0) is 27.2. The van der Waals surface area contributed by atoms with Crippen molar-refractivity contribution in [2.24, 2.45) is 17.2 Å². The predicted molar refractivity (Wildman–Crippen MR) is 149 cm³/mol. The van der Waals surface area contributed by atoms with Crippen LogP contribution < -0.4 is 33.2 Å². The van der Waals surface area contributed by atoms with E-state index in [0.29, 0.717) is 37.8 Å². The van der Waals surface area contributed by atoms with Crippen LogP contribution in [0.3, 0.4) is 0 Å². The Morgan fingerprint density at radius 1 is 0.444 bits per heavy atom. The number of rotatable bonds is 27. The van der Waals surface area contributed by atoms with Crippen LogP contribution in [-0.4, -0.2) is 121 Å². The van der Waals surface area contributed by atoms with Crippen molar-refractivity contribution in [1.29, 1.82) is 0 Å². The fourth-order valence-electron chi connectivity index (χ4n) is 3.60. The molecule has 0 saturated heterocycles. The van der Waals surface area contributed by atoms with Crippen LogP contribution in [-0.2, 0) is 30.4 Å². The van der Waals surface area contributed by atoms with E-state index in [2.05, 4.69) is 16.0 Å². The molecule has 0 fully saturated rings. The second-order valence-electron chi connectivity index (χ2n) is 8.20. The van der Waals surface area contributed by atoms with Crippen molar-refractivity contribution in [3.63, 3.8) is 0 Å². The Morgan fingerprint density at radius 2 is 0.722 bits per heavy atom. The van der Waals surface area contributed by atoms with E-state index < -0.39 is 26.4 Å². The first kappa shape index (κ1) is 36.1. The molecule has 36 heavy (non-hydrogen) atoms. The molecule has 9 N–H and O–H groups in total. The summed E-state index contributed by atoms with van der Waals surface area (Å²) in [6.45, 7) is 6.28. The molecule has 218 valence electrons. The zero-order valence-electron chi connectivity index (χ0n) is 23.2. The van der Waals surface area contributed by atoms with Crippen LogP contribution in [0.1, 0.15) is 19.3 Å². The fraction of sp³-hybridized carbons (Fsp3) is 1.00. The van der Waals surface area contributed by atoms with Crippen molar-refractivity contribution in [3.05, 3.63) is 0 Å². The van der Waals surface area contributed by atoms with E-state index in [4.69, 9.17) is 47.6 Å². The van der Waals surface area contributed by atoms with E-state index in [1.54, 1.807) is 35.5 Å². The van der Waals surface area contributed by atoms with Crippen LogP contribution in [0.5, 0.6) is 0 Å². The van der Waals surface area contributed by atoms with Crippen molar-refractivity contribution in [2.75, 3.05) is 94.5 Å². The lowest BCUT2D eigenvalue weighted by molar-refractivity contribution is 0.0695. The maximum Gasteiger partial charge on any atom is 0.493 e. The Kier molecular flexibility index (Phi) is 22.1. The van der Waals surface area contributed by atoms with E-state index in [0.717, 1.165) is 58.5 Å². The minimum atomic E-state index is -3.36. The molecule has 0 aromatic carbocycles. The molecule has 0 spiro atoms. The quantitative estimate of drug-likeness (QED) is 0.0514. The van der Waals surface area contributed by atoms with Crippen LogP contribution in [0, 0.1) is 0 Å². The molecule has 0 aromatic heterocycles. The van der Waals surface area contributed by atoms with Gasteiger partial charge in [0, 0.05) is 92.9 Å². The van der Waals surface area contributed by atoms with Gasteiger partial charge in [-0.1, -0.05) is 0 Å². The third kappa shape index (κ3) is 14.3. The van der Waals surface area contributed by atoms with E-state index in [-0.39, 0.29) is 0 Å². The molecule has 0 aliphatic rings.